The smallest absolute Gasteiger partial charge is 0.261 e. The molecule has 2 aromatic heterocycles. The molecule has 0 aliphatic rings. The lowest BCUT2D eigenvalue weighted by Gasteiger charge is -2.01. The van der Waals surface area contributed by atoms with Gasteiger partial charge in [0, 0.05) is 6.92 Å². The molecule has 8 nitrogen and oxygen atoms in total. The molecule has 0 saturated heterocycles. The second-order valence-electron chi connectivity index (χ2n) is 6.06. The minimum absolute atomic E-state index is 0.0537. The Morgan fingerprint density at radius 3 is 2.56 bits per heavy atom. The Balaban J connectivity index is 1.92. The van der Waals surface area contributed by atoms with Gasteiger partial charge in [0.2, 0.25) is 17.4 Å². The van der Waals surface area contributed by atoms with Gasteiger partial charge in [0.25, 0.3) is 5.88 Å². The number of carbonyl (C=O) groups is 1. The fraction of sp³-hybridized carbons (Fsp3) is 0.105. The highest BCUT2D eigenvalue weighted by molar-refractivity contribution is 5.92. The van der Waals surface area contributed by atoms with Crippen molar-refractivity contribution in [3.63, 3.8) is 0 Å². The van der Waals surface area contributed by atoms with Gasteiger partial charge in [-0.15, -0.1) is 15.3 Å². The number of fused-ring (bicyclic) bond motifs is 1. The van der Waals surface area contributed by atoms with Crippen LogP contribution >= 0.6 is 0 Å². The number of azo groups is 1. The number of aromatic nitrogens is 4. The first kappa shape index (κ1) is 16.6. The van der Waals surface area contributed by atoms with E-state index in [1.807, 2.05) is 49.4 Å². The number of hydrogen-bond donors (Lipinski definition) is 1. The molecule has 2 heterocycles. The molecule has 0 atom stereocenters. The van der Waals surface area contributed by atoms with Gasteiger partial charge in [-0.3, -0.25) is 4.79 Å². The van der Waals surface area contributed by atoms with Crippen molar-refractivity contribution < 1.29 is 9.90 Å². The van der Waals surface area contributed by atoms with Crippen molar-refractivity contribution in [2.45, 2.75) is 13.8 Å². The Labute approximate surface area is 154 Å². The second-order valence-corrected chi connectivity index (χ2v) is 6.06. The minimum Gasteiger partial charge on any atom is -0.491 e. The third-order valence-corrected chi connectivity index (χ3v) is 3.99. The summed E-state index contributed by atoms with van der Waals surface area (Å²) in [5, 5.41) is 22.9. The summed E-state index contributed by atoms with van der Waals surface area (Å²) in [6.45, 7) is 3.36. The summed E-state index contributed by atoms with van der Waals surface area (Å²) in [6, 6.07) is 16.7. The summed E-state index contributed by atoms with van der Waals surface area (Å²) < 4.78 is 2.91. The van der Waals surface area contributed by atoms with Crippen LogP contribution in [0, 0.1) is 6.92 Å². The van der Waals surface area contributed by atoms with Crippen LogP contribution < -0.4 is 0 Å². The standard InChI is InChI=1S/C19H16N6O2/c1-12-7-6-10-15(11-12)25-19-20-18(27)17(24(19)16(23-25)13(2)26)22-21-14-8-4-3-5-9-14/h3-11,27H,1-2H3. The quantitative estimate of drug-likeness (QED) is 0.436. The molecule has 0 bridgehead atoms. The maximum absolute atomic E-state index is 12.1. The summed E-state index contributed by atoms with van der Waals surface area (Å²) in [7, 11) is 0. The molecule has 0 amide bonds. The van der Waals surface area contributed by atoms with E-state index >= 15 is 0 Å². The Hall–Kier alpha value is -3.81. The first-order chi connectivity index (χ1) is 13.0. The van der Waals surface area contributed by atoms with Gasteiger partial charge in [-0.1, -0.05) is 30.3 Å². The van der Waals surface area contributed by atoms with Crippen molar-refractivity contribution in [3.05, 3.63) is 66.0 Å². The molecular weight excluding hydrogens is 344 g/mol. The van der Waals surface area contributed by atoms with Gasteiger partial charge < -0.3 is 5.11 Å². The van der Waals surface area contributed by atoms with Crippen LogP contribution in [0.3, 0.4) is 0 Å². The zero-order valence-electron chi connectivity index (χ0n) is 14.7. The number of nitrogens with zero attached hydrogens (tertiary/aromatic N) is 6. The summed E-state index contributed by atoms with van der Waals surface area (Å²) in [5.41, 5.74) is 2.37. The van der Waals surface area contributed by atoms with Crippen LogP contribution in [0.1, 0.15) is 23.1 Å². The van der Waals surface area contributed by atoms with Gasteiger partial charge in [-0.2, -0.15) is 9.67 Å². The molecule has 134 valence electrons. The molecule has 27 heavy (non-hydrogen) atoms. The third kappa shape index (κ3) is 2.97. The van der Waals surface area contributed by atoms with Crippen LogP contribution in [-0.4, -0.2) is 30.1 Å². The molecule has 0 saturated carbocycles. The van der Waals surface area contributed by atoms with E-state index in [1.165, 1.54) is 16.0 Å². The third-order valence-electron chi connectivity index (χ3n) is 3.99. The van der Waals surface area contributed by atoms with Crippen molar-refractivity contribution in [1.82, 2.24) is 19.2 Å². The van der Waals surface area contributed by atoms with Crippen molar-refractivity contribution in [2.24, 2.45) is 10.2 Å². The van der Waals surface area contributed by atoms with Crippen molar-refractivity contribution in [1.29, 1.82) is 0 Å². The van der Waals surface area contributed by atoms with Gasteiger partial charge in [-0.25, -0.2) is 4.40 Å². The Morgan fingerprint density at radius 2 is 1.85 bits per heavy atom. The minimum atomic E-state index is -0.323. The molecule has 0 fully saturated rings. The van der Waals surface area contributed by atoms with Gasteiger partial charge in [0.15, 0.2) is 5.78 Å². The lowest BCUT2D eigenvalue weighted by molar-refractivity contribution is 0.100. The largest absolute Gasteiger partial charge is 0.491 e. The zero-order valence-corrected chi connectivity index (χ0v) is 14.7. The SMILES string of the molecule is CC(=O)c1nn(-c2cccc(C)c2)c2nc(O)c(N=Nc3ccccc3)n12. The monoisotopic (exact) mass is 360 g/mol. The number of ketones is 1. The number of imidazole rings is 1. The first-order valence-electron chi connectivity index (χ1n) is 8.30. The normalized spacial score (nSPS) is 11.5. The number of carbonyl (C=O) groups excluding carboxylic acids is 1. The lowest BCUT2D eigenvalue weighted by atomic mass is 10.2. The number of Topliss-reactive ketones (excluding diaryl/α,β-unsaturated/α-hetero) is 1. The van der Waals surface area contributed by atoms with E-state index in [0.717, 1.165) is 11.3 Å². The predicted octanol–water partition coefficient (Wildman–Crippen LogP) is 4.15. The number of rotatable bonds is 4. The fourth-order valence-electron chi connectivity index (χ4n) is 2.76. The van der Waals surface area contributed by atoms with Crippen molar-refractivity contribution in [2.75, 3.05) is 0 Å². The highest BCUT2D eigenvalue weighted by Gasteiger charge is 2.23. The average molecular weight is 360 g/mol. The van der Waals surface area contributed by atoms with E-state index < -0.39 is 0 Å². The number of hydrogen-bond acceptors (Lipinski definition) is 6. The summed E-state index contributed by atoms with van der Waals surface area (Å²) in [5.74, 6) is -0.152. The highest BCUT2D eigenvalue weighted by Crippen LogP contribution is 2.31. The van der Waals surface area contributed by atoms with Crippen LogP contribution in [0.2, 0.25) is 0 Å². The number of aromatic hydroxyl groups is 1. The average Bonchev–Trinajstić information content (AvgIpc) is 3.17. The molecule has 4 aromatic rings. The first-order valence-corrected chi connectivity index (χ1v) is 8.30. The highest BCUT2D eigenvalue weighted by atomic mass is 16.3. The van der Waals surface area contributed by atoms with Gasteiger partial charge in [0.1, 0.15) is 0 Å². The fourth-order valence-corrected chi connectivity index (χ4v) is 2.76. The number of benzene rings is 2. The maximum atomic E-state index is 12.1. The van der Waals surface area contributed by atoms with Crippen molar-refractivity contribution >= 4 is 23.1 Å². The number of aryl methyl sites for hydroxylation is 1. The molecule has 2 aromatic carbocycles. The summed E-state index contributed by atoms with van der Waals surface area (Å²) >= 11 is 0. The van der Waals surface area contributed by atoms with Crippen LogP contribution in [0.15, 0.2) is 64.8 Å². The van der Waals surface area contributed by atoms with Crippen molar-refractivity contribution in [3.8, 4) is 11.6 Å². The molecule has 0 radical (unpaired) electrons. The molecule has 0 aliphatic carbocycles. The van der Waals surface area contributed by atoms with E-state index in [4.69, 9.17) is 0 Å². The van der Waals surface area contributed by atoms with E-state index in [9.17, 15) is 9.90 Å². The summed E-state index contributed by atoms with van der Waals surface area (Å²) in [6.07, 6.45) is 0. The van der Waals surface area contributed by atoms with Crippen LogP contribution in [-0.2, 0) is 0 Å². The van der Waals surface area contributed by atoms with Crippen LogP contribution in [0.5, 0.6) is 5.88 Å². The second kappa shape index (κ2) is 6.49. The molecule has 0 spiro atoms. The van der Waals surface area contributed by atoms with Gasteiger partial charge in [-0.05, 0) is 36.8 Å². The molecule has 8 heteroatoms. The Kier molecular flexibility index (Phi) is 4.00. The van der Waals surface area contributed by atoms with E-state index in [-0.39, 0.29) is 29.1 Å². The molecule has 0 unspecified atom stereocenters. The van der Waals surface area contributed by atoms with Gasteiger partial charge in [0.05, 0.1) is 11.4 Å². The topological polar surface area (TPSA) is 97.1 Å². The molecular formula is C19H16N6O2. The predicted molar refractivity (Wildman–Crippen MR) is 99.3 cm³/mol. The zero-order chi connectivity index (χ0) is 19.0. The maximum Gasteiger partial charge on any atom is 0.261 e. The van der Waals surface area contributed by atoms with Gasteiger partial charge >= 0.3 is 0 Å². The Morgan fingerprint density at radius 1 is 1.07 bits per heavy atom. The van der Waals surface area contributed by atoms with E-state index in [0.29, 0.717) is 5.69 Å². The van der Waals surface area contributed by atoms with E-state index in [2.05, 4.69) is 20.3 Å². The molecule has 4 rings (SSSR count). The summed E-state index contributed by atoms with van der Waals surface area (Å²) in [4.78, 5) is 16.3. The Bertz CT molecular complexity index is 1170. The molecule has 0 aliphatic heterocycles. The molecule has 1 N–H and O–H groups in total. The van der Waals surface area contributed by atoms with E-state index in [1.54, 1.807) is 12.1 Å². The van der Waals surface area contributed by atoms with Crippen LogP contribution in [0.25, 0.3) is 11.5 Å². The van der Waals surface area contributed by atoms with Crippen LogP contribution in [0.4, 0.5) is 11.5 Å². The lowest BCUT2D eigenvalue weighted by Crippen LogP contribution is -2.01.